The first kappa shape index (κ1) is 15.1. The predicted molar refractivity (Wildman–Crippen MR) is 75.3 cm³/mol. The van der Waals surface area contributed by atoms with Gasteiger partial charge < -0.3 is 30.5 Å². The zero-order valence-corrected chi connectivity index (χ0v) is 11.7. The second-order valence-electron chi connectivity index (χ2n) is 4.66. The molecule has 0 aliphatic carbocycles. The van der Waals surface area contributed by atoms with Gasteiger partial charge in [0.05, 0.1) is 11.7 Å². The molecule has 0 saturated carbocycles. The van der Waals surface area contributed by atoms with Gasteiger partial charge in [-0.1, -0.05) is 24.4 Å². The summed E-state index contributed by atoms with van der Waals surface area (Å²) in [6.07, 6.45) is -5.67. The van der Waals surface area contributed by atoms with E-state index in [0.717, 1.165) is 0 Å². The molecule has 110 valence electrons. The van der Waals surface area contributed by atoms with Crippen LogP contribution in [0.5, 0.6) is 5.75 Å². The van der Waals surface area contributed by atoms with Crippen molar-refractivity contribution in [3.05, 3.63) is 29.8 Å². The molecule has 0 spiro atoms. The number of aliphatic hydroxyl groups is 3. The molecule has 20 heavy (non-hydrogen) atoms. The maximum Gasteiger partial charge on any atom is 0.229 e. The molecule has 2 rings (SSSR count). The lowest BCUT2D eigenvalue weighted by molar-refractivity contribution is -0.268. The zero-order valence-electron chi connectivity index (χ0n) is 10.8. The fraction of sp³-hybridized carbons (Fsp3) is 0.462. The Bertz CT molecular complexity index is 497. The molecule has 1 aromatic rings. The van der Waals surface area contributed by atoms with Crippen LogP contribution < -0.4 is 10.5 Å². The molecule has 5 atom stereocenters. The highest BCUT2D eigenvalue weighted by Gasteiger charge is 2.43. The van der Waals surface area contributed by atoms with Gasteiger partial charge in [0.25, 0.3) is 0 Å². The predicted octanol–water partition coefficient (Wildman–Crippen LogP) is -0.473. The monoisotopic (exact) mass is 299 g/mol. The number of benzene rings is 1. The lowest BCUT2D eigenvalue weighted by Gasteiger charge is -2.39. The van der Waals surface area contributed by atoms with Gasteiger partial charge in [-0.15, -0.1) is 0 Å². The van der Waals surface area contributed by atoms with Crippen molar-refractivity contribution in [1.29, 1.82) is 0 Å². The van der Waals surface area contributed by atoms with Crippen molar-refractivity contribution >= 4 is 17.2 Å². The third-order valence-electron chi connectivity index (χ3n) is 3.20. The smallest absolute Gasteiger partial charge is 0.229 e. The van der Waals surface area contributed by atoms with Gasteiger partial charge in [-0.3, -0.25) is 0 Å². The first-order valence-corrected chi connectivity index (χ1v) is 6.57. The number of ether oxygens (including phenoxy) is 2. The third-order valence-corrected chi connectivity index (χ3v) is 3.42. The van der Waals surface area contributed by atoms with Gasteiger partial charge in [0.1, 0.15) is 29.0 Å². The van der Waals surface area contributed by atoms with Crippen LogP contribution in [-0.4, -0.2) is 51.0 Å². The van der Waals surface area contributed by atoms with Crippen LogP contribution in [0.2, 0.25) is 0 Å². The number of thiocarbonyl (C=S) groups is 1. The van der Waals surface area contributed by atoms with Crippen LogP contribution in [0.4, 0.5) is 0 Å². The maximum atomic E-state index is 9.89. The molecule has 1 saturated heterocycles. The highest BCUT2D eigenvalue weighted by molar-refractivity contribution is 7.80. The lowest BCUT2D eigenvalue weighted by Crippen LogP contribution is -2.58. The number of aliphatic hydroxyl groups excluding tert-OH is 3. The fourth-order valence-electron chi connectivity index (χ4n) is 2.01. The standard InChI is InChI=1S/C13H17NO5S/c1-6-9(15)10(16)11(17)13(18-6)19-8-5-3-2-4-7(8)12(14)20/h2-6,9-11,13,15-17H,1H3,(H2,14,20)/t6-,9-,10+,11+,13-/m0/s1. The van der Waals surface area contributed by atoms with Gasteiger partial charge in [-0.2, -0.15) is 0 Å². The highest BCUT2D eigenvalue weighted by atomic mass is 32.1. The summed E-state index contributed by atoms with van der Waals surface area (Å²) in [5.74, 6) is 0.347. The molecule has 0 amide bonds. The van der Waals surface area contributed by atoms with E-state index in [9.17, 15) is 15.3 Å². The second-order valence-corrected chi connectivity index (χ2v) is 5.10. The van der Waals surface area contributed by atoms with Crippen molar-refractivity contribution in [2.24, 2.45) is 5.73 Å². The molecular formula is C13H17NO5S. The summed E-state index contributed by atoms with van der Waals surface area (Å²) >= 11 is 4.92. The number of hydrogen-bond acceptors (Lipinski definition) is 6. The van der Waals surface area contributed by atoms with E-state index in [0.29, 0.717) is 11.3 Å². The number of nitrogens with two attached hydrogens (primary N) is 1. The van der Waals surface area contributed by atoms with Gasteiger partial charge >= 0.3 is 0 Å². The Labute approximate surface area is 121 Å². The molecule has 0 bridgehead atoms. The van der Waals surface area contributed by atoms with Gasteiger partial charge in [0.2, 0.25) is 6.29 Å². The van der Waals surface area contributed by atoms with Gasteiger partial charge in [-0.25, -0.2) is 0 Å². The van der Waals surface area contributed by atoms with Crippen molar-refractivity contribution in [3.8, 4) is 5.75 Å². The first-order valence-electron chi connectivity index (χ1n) is 6.17. The van der Waals surface area contributed by atoms with Crippen LogP contribution in [0.15, 0.2) is 24.3 Å². The zero-order chi connectivity index (χ0) is 14.9. The Balaban J connectivity index is 2.20. The molecule has 5 N–H and O–H groups in total. The molecule has 0 aromatic heterocycles. The van der Waals surface area contributed by atoms with Gasteiger partial charge in [0, 0.05) is 0 Å². The summed E-state index contributed by atoms with van der Waals surface area (Å²) in [6.45, 7) is 1.58. The molecular weight excluding hydrogens is 282 g/mol. The SMILES string of the molecule is C[C@@H]1O[C@@H](Oc2ccccc2C(N)=S)[C@H](O)[C@H](O)[C@H]1O. The van der Waals surface area contributed by atoms with Gasteiger partial charge in [-0.05, 0) is 19.1 Å². The molecule has 1 heterocycles. The van der Waals surface area contributed by atoms with Crippen LogP contribution >= 0.6 is 12.2 Å². The Kier molecular flexibility index (Phi) is 4.56. The van der Waals surface area contributed by atoms with E-state index >= 15 is 0 Å². The summed E-state index contributed by atoms with van der Waals surface area (Å²) in [5, 5.41) is 29.2. The lowest BCUT2D eigenvalue weighted by atomic mass is 10.00. The first-order chi connectivity index (χ1) is 9.41. The number of rotatable bonds is 3. The molecule has 1 aliphatic heterocycles. The number of para-hydroxylation sites is 1. The van der Waals surface area contributed by atoms with Crippen LogP contribution in [0.1, 0.15) is 12.5 Å². The Morgan fingerprint density at radius 3 is 2.50 bits per heavy atom. The van der Waals surface area contributed by atoms with Crippen molar-refractivity contribution in [2.45, 2.75) is 37.6 Å². The van der Waals surface area contributed by atoms with Crippen molar-refractivity contribution in [1.82, 2.24) is 0 Å². The minimum Gasteiger partial charge on any atom is -0.461 e. The van der Waals surface area contributed by atoms with Crippen molar-refractivity contribution in [2.75, 3.05) is 0 Å². The quantitative estimate of drug-likeness (QED) is 0.559. The van der Waals surface area contributed by atoms with Crippen LogP contribution in [0.25, 0.3) is 0 Å². The Morgan fingerprint density at radius 1 is 1.20 bits per heavy atom. The van der Waals surface area contributed by atoms with Crippen LogP contribution in [-0.2, 0) is 4.74 Å². The minimum absolute atomic E-state index is 0.152. The third kappa shape index (κ3) is 2.92. The van der Waals surface area contributed by atoms with E-state index in [-0.39, 0.29) is 4.99 Å². The summed E-state index contributed by atoms with van der Waals surface area (Å²) in [6, 6.07) is 6.79. The molecule has 1 aliphatic rings. The summed E-state index contributed by atoms with van der Waals surface area (Å²) in [5.41, 5.74) is 6.10. The fourth-order valence-corrected chi connectivity index (χ4v) is 2.18. The molecule has 0 unspecified atom stereocenters. The van der Waals surface area contributed by atoms with E-state index < -0.39 is 30.7 Å². The normalized spacial score (nSPS) is 33.7. The second kappa shape index (κ2) is 6.02. The molecule has 7 heteroatoms. The highest BCUT2D eigenvalue weighted by Crippen LogP contribution is 2.26. The average Bonchev–Trinajstić information content (AvgIpc) is 2.43. The van der Waals surface area contributed by atoms with E-state index in [1.165, 1.54) is 0 Å². The Hall–Kier alpha value is -1.25. The van der Waals surface area contributed by atoms with Crippen LogP contribution in [0.3, 0.4) is 0 Å². The van der Waals surface area contributed by atoms with E-state index in [1.807, 2.05) is 0 Å². The van der Waals surface area contributed by atoms with E-state index in [2.05, 4.69) is 0 Å². The summed E-state index contributed by atoms with van der Waals surface area (Å²) < 4.78 is 10.9. The average molecular weight is 299 g/mol. The van der Waals surface area contributed by atoms with E-state index in [4.69, 9.17) is 27.4 Å². The van der Waals surface area contributed by atoms with Gasteiger partial charge in [0.15, 0.2) is 0 Å². The minimum atomic E-state index is -1.37. The van der Waals surface area contributed by atoms with Crippen LogP contribution in [0, 0.1) is 0 Å². The summed E-state index contributed by atoms with van der Waals surface area (Å²) in [7, 11) is 0. The molecule has 6 nitrogen and oxygen atoms in total. The summed E-state index contributed by atoms with van der Waals surface area (Å²) in [4.78, 5) is 0.152. The number of hydrogen-bond donors (Lipinski definition) is 4. The molecule has 1 fully saturated rings. The molecule has 1 aromatic carbocycles. The van der Waals surface area contributed by atoms with Crippen molar-refractivity contribution in [3.63, 3.8) is 0 Å². The van der Waals surface area contributed by atoms with Crippen molar-refractivity contribution < 1.29 is 24.8 Å². The van der Waals surface area contributed by atoms with E-state index in [1.54, 1.807) is 31.2 Å². The maximum absolute atomic E-state index is 9.89. The molecule has 0 radical (unpaired) electrons. The largest absolute Gasteiger partial charge is 0.461 e. The Morgan fingerprint density at radius 2 is 1.85 bits per heavy atom. The topological polar surface area (TPSA) is 105 Å².